The Morgan fingerprint density at radius 1 is 1.44 bits per heavy atom. The number of aromatic nitrogens is 2. The summed E-state index contributed by atoms with van der Waals surface area (Å²) >= 11 is 0. The smallest absolute Gasteiger partial charge is 0.407 e. The maximum atomic E-state index is 12.6. The van der Waals surface area contributed by atoms with Crippen molar-refractivity contribution < 1.29 is 14.3 Å². The number of nitrogens with zero attached hydrogens (tertiary/aromatic N) is 3. The van der Waals surface area contributed by atoms with Crippen molar-refractivity contribution in [3.8, 4) is 0 Å². The van der Waals surface area contributed by atoms with Crippen LogP contribution in [0.4, 0.5) is 4.79 Å². The van der Waals surface area contributed by atoms with E-state index in [1.807, 2.05) is 35.9 Å². The zero-order chi connectivity index (χ0) is 17.8. The molecule has 134 valence electrons. The molecular weight excluding hydrogens is 320 g/mol. The second-order valence-corrected chi connectivity index (χ2v) is 6.37. The number of nitrogens with one attached hydrogen (secondary N) is 1. The normalized spacial score (nSPS) is 17.5. The van der Waals surface area contributed by atoms with Crippen LogP contribution >= 0.6 is 0 Å². The molecule has 1 aliphatic rings. The minimum absolute atomic E-state index is 0.0384. The van der Waals surface area contributed by atoms with E-state index in [9.17, 15) is 9.59 Å². The number of amides is 2. The molecular formula is C18H24N4O3. The Balaban J connectivity index is 1.61. The van der Waals surface area contributed by atoms with Crippen molar-refractivity contribution in [3.63, 3.8) is 0 Å². The molecule has 7 heteroatoms. The van der Waals surface area contributed by atoms with Crippen LogP contribution in [0.25, 0.3) is 5.65 Å². The highest BCUT2D eigenvalue weighted by Gasteiger charge is 2.25. The van der Waals surface area contributed by atoms with Crippen LogP contribution in [0.3, 0.4) is 0 Å². The molecule has 1 atom stereocenters. The molecule has 2 aromatic rings. The number of carbonyl (C=O) groups excluding carboxylic acids is 2. The third-order valence-corrected chi connectivity index (χ3v) is 4.43. The number of alkyl carbamates (subject to hydrolysis) is 1. The van der Waals surface area contributed by atoms with Crippen molar-refractivity contribution in [3.05, 3.63) is 35.8 Å². The maximum absolute atomic E-state index is 12.6. The molecule has 0 spiro atoms. The molecule has 2 amide bonds. The Kier molecular flexibility index (Phi) is 5.21. The van der Waals surface area contributed by atoms with E-state index >= 15 is 0 Å². The van der Waals surface area contributed by atoms with Gasteiger partial charge in [0.25, 0.3) is 0 Å². The van der Waals surface area contributed by atoms with Gasteiger partial charge in [0.05, 0.1) is 18.7 Å². The van der Waals surface area contributed by atoms with Crippen molar-refractivity contribution in [1.29, 1.82) is 0 Å². The number of pyridine rings is 1. The number of rotatable bonds is 4. The van der Waals surface area contributed by atoms with E-state index in [1.54, 1.807) is 11.8 Å². The van der Waals surface area contributed by atoms with E-state index in [0.717, 1.165) is 29.7 Å². The van der Waals surface area contributed by atoms with Crippen LogP contribution in [0.2, 0.25) is 0 Å². The van der Waals surface area contributed by atoms with E-state index in [4.69, 9.17) is 4.74 Å². The second-order valence-electron chi connectivity index (χ2n) is 6.37. The SMILES string of the molecule is CCOC(=O)N[C@H]1CCCN(C(=O)Cc2cn3cccc(C)c3n2)C1. The Morgan fingerprint density at radius 2 is 2.28 bits per heavy atom. The fraction of sp³-hybridized carbons (Fsp3) is 0.500. The first-order valence-electron chi connectivity index (χ1n) is 8.71. The number of hydrogen-bond donors (Lipinski definition) is 1. The summed E-state index contributed by atoms with van der Waals surface area (Å²) in [4.78, 5) is 30.5. The van der Waals surface area contributed by atoms with Crippen molar-refractivity contribution in [2.24, 2.45) is 0 Å². The molecule has 0 bridgehead atoms. The lowest BCUT2D eigenvalue weighted by atomic mass is 10.1. The average Bonchev–Trinajstić information content (AvgIpc) is 2.99. The Labute approximate surface area is 147 Å². The molecule has 3 rings (SSSR count). The van der Waals surface area contributed by atoms with E-state index in [-0.39, 0.29) is 18.4 Å². The number of piperidine rings is 1. The minimum Gasteiger partial charge on any atom is -0.450 e. The van der Waals surface area contributed by atoms with Crippen LogP contribution in [-0.2, 0) is 16.0 Å². The molecule has 0 unspecified atom stereocenters. The number of fused-ring (bicyclic) bond motifs is 1. The number of aryl methyl sites for hydroxylation is 1. The first-order valence-corrected chi connectivity index (χ1v) is 8.71. The Bertz CT molecular complexity index is 771. The predicted octanol–water partition coefficient (Wildman–Crippen LogP) is 1.92. The molecule has 0 saturated carbocycles. The van der Waals surface area contributed by atoms with Gasteiger partial charge in [-0.25, -0.2) is 9.78 Å². The fourth-order valence-corrected chi connectivity index (χ4v) is 3.22. The van der Waals surface area contributed by atoms with E-state index in [1.165, 1.54) is 0 Å². The molecule has 3 heterocycles. The molecule has 0 radical (unpaired) electrons. The quantitative estimate of drug-likeness (QED) is 0.919. The summed E-state index contributed by atoms with van der Waals surface area (Å²) in [6.45, 7) is 5.35. The highest BCUT2D eigenvalue weighted by atomic mass is 16.5. The first kappa shape index (κ1) is 17.3. The number of imidazole rings is 1. The molecule has 1 fully saturated rings. The summed E-state index contributed by atoms with van der Waals surface area (Å²) in [7, 11) is 0. The zero-order valence-electron chi connectivity index (χ0n) is 14.7. The standard InChI is InChI=1S/C18H24N4O3/c1-3-25-18(24)20-14-7-5-8-21(11-14)16(23)10-15-12-22-9-4-6-13(2)17(22)19-15/h4,6,9,12,14H,3,5,7-8,10-11H2,1-2H3,(H,20,24)/t14-/m0/s1. The first-order chi connectivity index (χ1) is 12.1. The zero-order valence-corrected chi connectivity index (χ0v) is 14.7. The van der Waals surface area contributed by atoms with Gasteiger partial charge in [0.1, 0.15) is 5.65 Å². The Hall–Kier alpha value is -2.57. The predicted molar refractivity (Wildman–Crippen MR) is 93.4 cm³/mol. The third kappa shape index (κ3) is 4.10. The van der Waals surface area contributed by atoms with Crippen LogP contribution in [0.1, 0.15) is 31.0 Å². The van der Waals surface area contributed by atoms with Crippen molar-refractivity contribution in [2.45, 2.75) is 39.2 Å². The van der Waals surface area contributed by atoms with Gasteiger partial charge >= 0.3 is 6.09 Å². The molecule has 1 N–H and O–H groups in total. The van der Waals surface area contributed by atoms with Crippen LogP contribution in [0.15, 0.2) is 24.5 Å². The van der Waals surface area contributed by atoms with Crippen LogP contribution < -0.4 is 5.32 Å². The van der Waals surface area contributed by atoms with Gasteiger partial charge in [-0.3, -0.25) is 4.79 Å². The Morgan fingerprint density at radius 3 is 3.04 bits per heavy atom. The summed E-state index contributed by atoms with van der Waals surface area (Å²) in [6.07, 6.45) is 5.41. The lowest BCUT2D eigenvalue weighted by molar-refractivity contribution is -0.131. The third-order valence-electron chi connectivity index (χ3n) is 4.43. The number of ether oxygens (including phenoxy) is 1. The van der Waals surface area contributed by atoms with Crippen LogP contribution in [-0.4, -0.2) is 52.0 Å². The fourth-order valence-electron chi connectivity index (χ4n) is 3.22. The highest BCUT2D eigenvalue weighted by molar-refractivity contribution is 5.79. The van der Waals surface area contributed by atoms with Gasteiger partial charge in [-0.1, -0.05) is 6.07 Å². The summed E-state index contributed by atoms with van der Waals surface area (Å²) in [5.41, 5.74) is 2.73. The van der Waals surface area contributed by atoms with E-state index in [2.05, 4.69) is 10.3 Å². The largest absolute Gasteiger partial charge is 0.450 e. The topological polar surface area (TPSA) is 75.9 Å². The lowest BCUT2D eigenvalue weighted by Crippen LogP contribution is -2.50. The van der Waals surface area contributed by atoms with Crippen molar-refractivity contribution in [1.82, 2.24) is 19.6 Å². The maximum Gasteiger partial charge on any atom is 0.407 e. The van der Waals surface area contributed by atoms with Crippen molar-refractivity contribution in [2.75, 3.05) is 19.7 Å². The monoisotopic (exact) mass is 344 g/mol. The molecule has 2 aromatic heterocycles. The number of likely N-dealkylation sites (tertiary alicyclic amines) is 1. The number of hydrogen-bond acceptors (Lipinski definition) is 4. The van der Waals surface area contributed by atoms with Crippen molar-refractivity contribution >= 4 is 17.6 Å². The second kappa shape index (κ2) is 7.55. The van der Waals surface area contributed by atoms with Crippen LogP contribution in [0, 0.1) is 6.92 Å². The molecule has 1 aliphatic heterocycles. The highest BCUT2D eigenvalue weighted by Crippen LogP contribution is 2.14. The molecule has 0 aliphatic carbocycles. The molecule has 1 saturated heterocycles. The molecule has 7 nitrogen and oxygen atoms in total. The lowest BCUT2D eigenvalue weighted by Gasteiger charge is -2.32. The van der Waals surface area contributed by atoms with Gasteiger partial charge < -0.3 is 19.4 Å². The van der Waals surface area contributed by atoms with Gasteiger partial charge in [0.2, 0.25) is 5.91 Å². The summed E-state index contributed by atoms with van der Waals surface area (Å²) in [5.74, 6) is 0.0384. The average molecular weight is 344 g/mol. The summed E-state index contributed by atoms with van der Waals surface area (Å²) in [6, 6.07) is 3.91. The van der Waals surface area contributed by atoms with Gasteiger partial charge in [-0.05, 0) is 38.3 Å². The summed E-state index contributed by atoms with van der Waals surface area (Å²) in [5, 5.41) is 2.82. The van der Waals surface area contributed by atoms with Gasteiger partial charge in [0.15, 0.2) is 0 Å². The van der Waals surface area contributed by atoms with Gasteiger partial charge in [-0.2, -0.15) is 0 Å². The molecule has 0 aromatic carbocycles. The van der Waals surface area contributed by atoms with Gasteiger partial charge in [0, 0.05) is 31.5 Å². The number of carbonyl (C=O) groups is 2. The van der Waals surface area contributed by atoms with E-state index in [0.29, 0.717) is 19.7 Å². The van der Waals surface area contributed by atoms with Crippen LogP contribution in [0.5, 0.6) is 0 Å². The van der Waals surface area contributed by atoms with Gasteiger partial charge in [-0.15, -0.1) is 0 Å². The minimum atomic E-state index is -0.419. The summed E-state index contributed by atoms with van der Waals surface area (Å²) < 4.78 is 6.86. The van der Waals surface area contributed by atoms with E-state index < -0.39 is 6.09 Å². The molecule has 25 heavy (non-hydrogen) atoms.